The van der Waals surface area contributed by atoms with E-state index in [9.17, 15) is 10.1 Å². The summed E-state index contributed by atoms with van der Waals surface area (Å²) < 4.78 is 5.05. The summed E-state index contributed by atoms with van der Waals surface area (Å²) in [5.74, 6) is 0.257. The van der Waals surface area contributed by atoms with Crippen LogP contribution in [0.5, 0.6) is 5.75 Å². The fraction of sp³-hybridized carbons (Fsp3) is 0.200. The number of methoxy groups -OCH3 is 1. The van der Waals surface area contributed by atoms with Crippen LogP contribution in [0.4, 0.5) is 5.69 Å². The first-order chi connectivity index (χ1) is 9.61. The maximum Gasteiger partial charge on any atom is 0.310 e. The molecule has 20 heavy (non-hydrogen) atoms. The van der Waals surface area contributed by atoms with Gasteiger partial charge in [-0.05, 0) is 23.6 Å². The molecule has 0 saturated heterocycles. The Bertz CT molecular complexity index is 599. The van der Waals surface area contributed by atoms with Gasteiger partial charge < -0.3 is 10.5 Å². The summed E-state index contributed by atoms with van der Waals surface area (Å²) in [4.78, 5) is 10.4. The molecule has 0 aliphatic heterocycles. The van der Waals surface area contributed by atoms with Crippen molar-refractivity contribution in [2.75, 3.05) is 7.11 Å². The summed E-state index contributed by atoms with van der Waals surface area (Å²) in [6, 6.07) is 14.4. The van der Waals surface area contributed by atoms with Crippen molar-refractivity contribution < 1.29 is 9.66 Å². The number of benzene rings is 2. The third kappa shape index (κ3) is 3.13. The van der Waals surface area contributed by atoms with Gasteiger partial charge in [-0.1, -0.05) is 36.4 Å². The number of nitrogens with two attached hydrogens (primary N) is 1. The van der Waals surface area contributed by atoms with Crippen molar-refractivity contribution in [3.63, 3.8) is 0 Å². The van der Waals surface area contributed by atoms with Crippen molar-refractivity contribution >= 4 is 5.69 Å². The third-order valence-corrected chi connectivity index (χ3v) is 3.12. The van der Waals surface area contributed by atoms with Crippen LogP contribution in [0.3, 0.4) is 0 Å². The van der Waals surface area contributed by atoms with E-state index in [1.807, 2.05) is 30.3 Å². The average Bonchev–Trinajstić information content (AvgIpc) is 2.47. The van der Waals surface area contributed by atoms with Crippen LogP contribution in [0.25, 0.3) is 0 Å². The van der Waals surface area contributed by atoms with E-state index in [1.54, 1.807) is 12.1 Å². The molecule has 5 nitrogen and oxygen atoms in total. The van der Waals surface area contributed by atoms with Gasteiger partial charge in [0.2, 0.25) is 0 Å². The van der Waals surface area contributed by atoms with Gasteiger partial charge in [-0.3, -0.25) is 10.1 Å². The number of hydrogen-bond acceptors (Lipinski definition) is 4. The van der Waals surface area contributed by atoms with E-state index < -0.39 is 4.92 Å². The molecule has 0 bridgehead atoms. The SMILES string of the molecule is COc1cc(CC(N)c2ccccc2)ccc1[N+](=O)[O-]. The Morgan fingerprint density at radius 3 is 2.55 bits per heavy atom. The highest BCUT2D eigenvalue weighted by Crippen LogP contribution is 2.29. The first-order valence-electron chi connectivity index (χ1n) is 6.23. The van der Waals surface area contributed by atoms with E-state index in [1.165, 1.54) is 13.2 Å². The Labute approximate surface area is 117 Å². The van der Waals surface area contributed by atoms with E-state index in [0.29, 0.717) is 6.42 Å². The predicted octanol–water partition coefficient (Wildman–Crippen LogP) is 2.85. The normalized spacial score (nSPS) is 11.9. The Morgan fingerprint density at radius 1 is 1.25 bits per heavy atom. The molecule has 5 heteroatoms. The van der Waals surface area contributed by atoms with Gasteiger partial charge in [0.1, 0.15) is 0 Å². The van der Waals surface area contributed by atoms with Crippen molar-refractivity contribution in [1.82, 2.24) is 0 Å². The van der Waals surface area contributed by atoms with Crippen LogP contribution in [0.2, 0.25) is 0 Å². The Balaban J connectivity index is 2.20. The lowest BCUT2D eigenvalue weighted by molar-refractivity contribution is -0.385. The summed E-state index contributed by atoms with van der Waals surface area (Å²) in [5, 5.41) is 10.8. The molecule has 0 aliphatic carbocycles. The fourth-order valence-electron chi connectivity index (χ4n) is 2.07. The second kappa shape index (κ2) is 6.16. The molecular formula is C15H16N2O3. The van der Waals surface area contributed by atoms with Gasteiger partial charge in [0.25, 0.3) is 0 Å². The van der Waals surface area contributed by atoms with Gasteiger partial charge in [-0.2, -0.15) is 0 Å². The molecule has 2 rings (SSSR count). The quantitative estimate of drug-likeness (QED) is 0.670. The van der Waals surface area contributed by atoms with Crippen LogP contribution >= 0.6 is 0 Å². The summed E-state index contributed by atoms with van der Waals surface area (Å²) >= 11 is 0. The lowest BCUT2D eigenvalue weighted by atomic mass is 9.99. The van der Waals surface area contributed by atoms with Crippen molar-refractivity contribution in [3.05, 3.63) is 69.8 Å². The highest BCUT2D eigenvalue weighted by molar-refractivity contribution is 5.48. The molecule has 0 aromatic heterocycles. The highest BCUT2D eigenvalue weighted by Gasteiger charge is 2.16. The first kappa shape index (κ1) is 14.0. The molecule has 0 spiro atoms. The van der Waals surface area contributed by atoms with Crippen LogP contribution in [-0.2, 0) is 6.42 Å². The largest absolute Gasteiger partial charge is 0.490 e. The van der Waals surface area contributed by atoms with Crippen LogP contribution in [0, 0.1) is 10.1 Å². The van der Waals surface area contributed by atoms with Gasteiger partial charge >= 0.3 is 5.69 Å². The van der Waals surface area contributed by atoms with Crippen molar-refractivity contribution in [2.24, 2.45) is 5.73 Å². The second-order valence-electron chi connectivity index (χ2n) is 4.48. The summed E-state index contributed by atoms with van der Waals surface area (Å²) in [5.41, 5.74) is 8.04. The van der Waals surface area contributed by atoms with E-state index in [0.717, 1.165) is 11.1 Å². The number of nitrogens with zero attached hydrogens (tertiary/aromatic N) is 1. The molecular weight excluding hydrogens is 256 g/mol. The zero-order valence-electron chi connectivity index (χ0n) is 11.2. The van der Waals surface area contributed by atoms with E-state index >= 15 is 0 Å². The Morgan fingerprint density at radius 2 is 1.95 bits per heavy atom. The minimum atomic E-state index is -0.459. The molecule has 104 valence electrons. The Hall–Kier alpha value is -2.40. The van der Waals surface area contributed by atoms with Gasteiger partial charge in [-0.15, -0.1) is 0 Å². The standard InChI is InChI=1S/C15H16N2O3/c1-20-15-10-11(7-8-14(15)17(18)19)9-13(16)12-5-3-2-4-6-12/h2-8,10,13H,9,16H2,1H3. The molecule has 2 aromatic rings. The Kier molecular flexibility index (Phi) is 4.32. The molecule has 0 fully saturated rings. The molecule has 0 heterocycles. The minimum absolute atomic E-state index is 0.0375. The van der Waals surface area contributed by atoms with Gasteiger partial charge in [0.15, 0.2) is 5.75 Å². The fourth-order valence-corrected chi connectivity index (χ4v) is 2.07. The lowest BCUT2D eigenvalue weighted by Crippen LogP contribution is -2.13. The number of nitro benzene ring substituents is 1. The van der Waals surface area contributed by atoms with Crippen LogP contribution in [0.1, 0.15) is 17.2 Å². The van der Waals surface area contributed by atoms with Crippen molar-refractivity contribution in [3.8, 4) is 5.75 Å². The number of hydrogen-bond donors (Lipinski definition) is 1. The van der Waals surface area contributed by atoms with Crippen molar-refractivity contribution in [1.29, 1.82) is 0 Å². The van der Waals surface area contributed by atoms with Crippen LogP contribution in [-0.4, -0.2) is 12.0 Å². The molecule has 1 unspecified atom stereocenters. The summed E-state index contributed by atoms with van der Waals surface area (Å²) in [7, 11) is 1.42. The molecule has 0 saturated carbocycles. The predicted molar refractivity (Wildman–Crippen MR) is 76.7 cm³/mol. The van der Waals surface area contributed by atoms with Gasteiger partial charge in [0, 0.05) is 12.1 Å². The van der Waals surface area contributed by atoms with Crippen LogP contribution < -0.4 is 10.5 Å². The van der Waals surface area contributed by atoms with Gasteiger partial charge in [-0.25, -0.2) is 0 Å². The highest BCUT2D eigenvalue weighted by atomic mass is 16.6. The lowest BCUT2D eigenvalue weighted by Gasteiger charge is -2.12. The van der Waals surface area contributed by atoms with E-state index in [4.69, 9.17) is 10.5 Å². The second-order valence-corrected chi connectivity index (χ2v) is 4.48. The molecule has 0 amide bonds. The number of ether oxygens (including phenoxy) is 1. The van der Waals surface area contributed by atoms with Gasteiger partial charge in [0.05, 0.1) is 12.0 Å². The topological polar surface area (TPSA) is 78.4 Å². The smallest absolute Gasteiger partial charge is 0.310 e. The maximum atomic E-state index is 10.8. The molecule has 1 atom stereocenters. The zero-order valence-corrected chi connectivity index (χ0v) is 11.2. The summed E-state index contributed by atoms with van der Waals surface area (Å²) in [6.07, 6.45) is 0.596. The van der Waals surface area contributed by atoms with Crippen molar-refractivity contribution in [2.45, 2.75) is 12.5 Å². The molecule has 0 aliphatic rings. The molecule has 2 aromatic carbocycles. The molecule has 2 N–H and O–H groups in total. The maximum absolute atomic E-state index is 10.8. The number of nitro groups is 1. The average molecular weight is 272 g/mol. The number of rotatable bonds is 5. The van der Waals surface area contributed by atoms with E-state index in [2.05, 4.69) is 0 Å². The zero-order chi connectivity index (χ0) is 14.5. The minimum Gasteiger partial charge on any atom is -0.490 e. The van der Waals surface area contributed by atoms with Crippen LogP contribution in [0.15, 0.2) is 48.5 Å². The first-order valence-corrected chi connectivity index (χ1v) is 6.23. The molecule has 0 radical (unpaired) electrons. The third-order valence-electron chi connectivity index (χ3n) is 3.12. The monoisotopic (exact) mass is 272 g/mol. The summed E-state index contributed by atoms with van der Waals surface area (Å²) in [6.45, 7) is 0. The van der Waals surface area contributed by atoms with E-state index in [-0.39, 0.29) is 17.5 Å².